The van der Waals surface area contributed by atoms with E-state index in [9.17, 15) is 4.79 Å². The van der Waals surface area contributed by atoms with Gasteiger partial charge < -0.3 is 16.8 Å². The number of rotatable bonds is 6. The van der Waals surface area contributed by atoms with Crippen LogP contribution in [0.1, 0.15) is 51.9 Å². The lowest BCUT2D eigenvalue weighted by Crippen LogP contribution is -2.39. The van der Waals surface area contributed by atoms with Gasteiger partial charge in [0.2, 0.25) is 5.91 Å². The van der Waals surface area contributed by atoms with Crippen molar-refractivity contribution in [2.45, 2.75) is 57.9 Å². The van der Waals surface area contributed by atoms with Gasteiger partial charge in [-0.1, -0.05) is 19.3 Å². The maximum Gasteiger partial charge on any atom is 0.220 e. The van der Waals surface area contributed by atoms with E-state index in [1.807, 2.05) is 6.92 Å². The van der Waals surface area contributed by atoms with Crippen molar-refractivity contribution in [3.8, 4) is 0 Å². The van der Waals surface area contributed by atoms with E-state index in [1.165, 1.54) is 19.3 Å². The second-order valence-corrected chi connectivity index (χ2v) is 5.56. The van der Waals surface area contributed by atoms with Gasteiger partial charge in [0.25, 0.3) is 0 Å². The molecule has 17 heavy (non-hydrogen) atoms. The lowest BCUT2D eigenvalue weighted by molar-refractivity contribution is -0.123. The molecule has 4 nitrogen and oxygen atoms in total. The number of amides is 1. The summed E-state index contributed by atoms with van der Waals surface area (Å²) >= 11 is 0. The van der Waals surface area contributed by atoms with Gasteiger partial charge in [-0.3, -0.25) is 4.79 Å². The van der Waals surface area contributed by atoms with E-state index in [0.29, 0.717) is 19.5 Å². The predicted molar refractivity (Wildman–Crippen MR) is 70.5 cm³/mol. The van der Waals surface area contributed by atoms with E-state index in [2.05, 4.69) is 5.32 Å². The molecule has 0 spiro atoms. The molecule has 0 aliphatic heterocycles. The van der Waals surface area contributed by atoms with Crippen LogP contribution in [0.5, 0.6) is 0 Å². The van der Waals surface area contributed by atoms with Crippen LogP contribution in [0.2, 0.25) is 0 Å². The molecule has 0 aromatic heterocycles. The van der Waals surface area contributed by atoms with Gasteiger partial charge in [-0.15, -0.1) is 0 Å². The second-order valence-electron chi connectivity index (χ2n) is 5.56. The van der Waals surface area contributed by atoms with Crippen molar-refractivity contribution in [3.63, 3.8) is 0 Å². The number of hydrogen-bond acceptors (Lipinski definition) is 3. The third kappa shape index (κ3) is 5.04. The van der Waals surface area contributed by atoms with Crippen LogP contribution in [-0.2, 0) is 4.79 Å². The van der Waals surface area contributed by atoms with Crippen LogP contribution >= 0.6 is 0 Å². The monoisotopic (exact) mass is 241 g/mol. The maximum absolute atomic E-state index is 11.8. The Kier molecular flexibility index (Phi) is 5.92. The minimum absolute atomic E-state index is 0.0661. The van der Waals surface area contributed by atoms with Gasteiger partial charge in [0.15, 0.2) is 0 Å². The standard InChI is InChI=1S/C13H27N3O/c1-11(15)5-8-16-12(17)9-13(10-14)6-3-2-4-7-13/h11H,2-10,14-15H2,1H3,(H,16,17). The first kappa shape index (κ1) is 14.5. The third-order valence-corrected chi connectivity index (χ3v) is 3.80. The van der Waals surface area contributed by atoms with Crippen molar-refractivity contribution in [2.75, 3.05) is 13.1 Å². The fraction of sp³-hybridized carbons (Fsp3) is 0.923. The molecule has 1 amide bonds. The fourth-order valence-electron chi connectivity index (χ4n) is 2.60. The van der Waals surface area contributed by atoms with E-state index in [-0.39, 0.29) is 17.4 Å². The molecular weight excluding hydrogens is 214 g/mol. The Labute approximate surface area is 105 Å². The maximum atomic E-state index is 11.8. The zero-order valence-electron chi connectivity index (χ0n) is 11.0. The molecule has 1 aliphatic rings. The number of hydrogen-bond donors (Lipinski definition) is 3. The highest BCUT2D eigenvalue weighted by Crippen LogP contribution is 2.38. The minimum Gasteiger partial charge on any atom is -0.356 e. The molecule has 0 saturated heterocycles. The van der Waals surface area contributed by atoms with Crippen LogP contribution in [0.25, 0.3) is 0 Å². The summed E-state index contributed by atoms with van der Waals surface area (Å²) in [6.45, 7) is 3.26. The highest BCUT2D eigenvalue weighted by molar-refractivity contribution is 5.76. The Hall–Kier alpha value is -0.610. The van der Waals surface area contributed by atoms with Gasteiger partial charge >= 0.3 is 0 Å². The number of nitrogens with two attached hydrogens (primary N) is 2. The van der Waals surface area contributed by atoms with Crippen molar-refractivity contribution in [1.29, 1.82) is 0 Å². The molecule has 1 saturated carbocycles. The summed E-state index contributed by atoms with van der Waals surface area (Å²) in [6.07, 6.45) is 7.33. The van der Waals surface area contributed by atoms with E-state index in [0.717, 1.165) is 19.3 Å². The molecular formula is C13H27N3O. The Bertz CT molecular complexity index is 235. The van der Waals surface area contributed by atoms with Crippen LogP contribution in [0, 0.1) is 5.41 Å². The molecule has 0 aromatic carbocycles. The third-order valence-electron chi connectivity index (χ3n) is 3.80. The fourth-order valence-corrected chi connectivity index (χ4v) is 2.60. The molecule has 0 aromatic rings. The Balaban J connectivity index is 2.32. The summed E-state index contributed by atoms with van der Waals surface area (Å²) in [5.41, 5.74) is 11.6. The molecule has 1 rings (SSSR count). The topological polar surface area (TPSA) is 81.1 Å². The van der Waals surface area contributed by atoms with Gasteiger partial charge in [-0.05, 0) is 38.1 Å². The van der Waals surface area contributed by atoms with Gasteiger partial charge in [0.05, 0.1) is 0 Å². The van der Waals surface area contributed by atoms with Crippen molar-refractivity contribution in [1.82, 2.24) is 5.32 Å². The number of carbonyl (C=O) groups is 1. The number of nitrogens with one attached hydrogen (secondary N) is 1. The lowest BCUT2D eigenvalue weighted by Gasteiger charge is -2.35. The van der Waals surface area contributed by atoms with Crippen LogP contribution in [0.15, 0.2) is 0 Å². The second kappa shape index (κ2) is 6.97. The smallest absolute Gasteiger partial charge is 0.220 e. The summed E-state index contributed by atoms with van der Waals surface area (Å²) < 4.78 is 0. The van der Waals surface area contributed by atoms with Crippen LogP contribution in [0.4, 0.5) is 0 Å². The molecule has 5 N–H and O–H groups in total. The van der Waals surface area contributed by atoms with Crippen LogP contribution < -0.4 is 16.8 Å². The summed E-state index contributed by atoms with van der Waals surface area (Å²) in [5, 5.41) is 2.95. The Morgan fingerprint density at radius 1 is 1.35 bits per heavy atom. The van der Waals surface area contributed by atoms with Crippen molar-refractivity contribution < 1.29 is 4.79 Å². The van der Waals surface area contributed by atoms with E-state index in [4.69, 9.17) is 11.5 Å². The zero-order valence-corrected chi connectivity index (χ0v) is 11.0. The quantitative estimate of drug-likeness (QED) is 0.652. The Morgan fingerprint density at radius 2 is 2.00 bits per heavy atom. The minimum atomic E-state index is 0.0661. The van der Waals surface area contributed by atoms with Crippen molar-refractivity contribution in [3.05, 3.63) is 0 Å². The predicted octanol–water partition coefficient (Wildman–Crippen LogP) is 1.14. The van der Waals surface area contributed by atoms with E-state index >= 15 is 0 Å². The molecule has 1 fully saturated rings. The first-order valence-electron chi connectivity index (χ1n) is 6.80. The molecule has 4 heteroatoms. The van der Waals surface area contributed by atoms with Crippen molar-refractivity contribution in [2.24, 2.45) is 16.9 Å². The van der Waals surface area contributed by atoms with Gasteiger partial charge in [0.1, 0.15) is 0 Å². The summed E-state index contributed by atoms with van der Waals surface area (Å²) in [5.74, 6) is 0.137. The first-order valence-corrected chi connectivity index (χ1v) is 6.80. The molecule has 0 heterocycles. The molecule has 100 valence electrons. The molecule has 1 unspecified atom stereocenters. The first-order chi connectivity index (χ1) is 8.08. The molecule has 1 atom stereocenters. The zero-order chi connectivity index (χ0) is 12.7. The SMILES string of the molecule is CC(N)CCNC(=O)CC1(CN)CCCCC1. The van der Waals surface area contributed by atoms with Gasteiger partial charge in [0, 0.05) is 19.0 Å². The average Bonchev–Trinajstić information content (AvgIpc) is 2.29. The normalized spacial score (nSPS) is 20.9. The molecule has 0 bridgehead atoms. The summed E-state index contributed by atoms with van der Waals surface area (Å²) in [6, 6.07) is 0.147. The van der Waals surface area contributed by atoms with Crippen LogP contribution in [0.3, 0.4) is 0 Å². The average molecular weight is 241 g/mol. The van der Waals surface area contributed by atoms with Crippen LogP contribution in [-0.4, -0.2) is 25.0 Å². The summed E-state index contributed by atoms with van der Waals surface area (Å²) in [4.78, 5) is 11.8. The largest absolute Gasteiger partial charge is 0.356 e. The number of carbonyl (C=O) groups excluding carboxylic acids is 1. The van der Waals surface area contributed by atoms with E-state index < -0.39 is 0 Å². The molecule has 0 radical (unpaired) electrons. The Morgan fingerprint density at radius 3 is 2.53 bits per heavy atom. The summed E-state index contributed by atoms with van der Waals surface area (Å²) in [7, 11) is 0. The van der Waals surface area contributed by atoms with Crippen molar-refractivity contribution >= 4 is 5.91 Å². The molecule has 1 aliphatic carbocycles. The lowest BCUT2D eigenvalue weighted by atomic mass is 9.71. The van der Waals surface area contributed by atoms with Gasteiger partial charge in [-0.2, -0.15) is 0 Å². The highest BCUT2D eigenvalue weighted by Gasteiger charge is 2.32. The van der Waals surface area contributed by atoms with Gasteiger partial charge in [-0.25, -0.2) is 0 Å². The highest BCUT2D eigenvalue weighted by atomic mass is 16.1. The van der Waals surface area contributed by atoms with E-state index in [1.54, 1.807) is 0 Å².